The van der Waals surface area contributed by atoms with Gasteiger partial charge in [0.25, 0.3) is 5.91 Å². The number of nitrogens with zero attached hydrogens (tertiary/aromatic N) is 3. The maximum Gasteiger partial charge on any atom is 0.254 e. The van der Waals surface area contributed by atoms with Crippen molar-refractivity contribution in [3.8, 4) is 11.3 Å². The molecule has 0 atom stereocenters. The first-order chi connectivity index (χ1) is 15.2. The highest BCUT2D eigenvalue weighted by Crippen LogP contribution is 2.37. The Morgan fingerprint density at radius 2 is 1.81 bits per heavy atom. The monoisotopic (exact) mass is 453 g/mol. The van der Waals surface area contributed by atoms with Crippen LogP contribution in [0.5, 0.6) is 0 Å². The molecule has 1 aliphatic heterocycles. The Labute approximate surface area is 191 Å². The number of hydrogen-bond donors (Lipinski definition) is 0. The normalized spacial score (nSPS) is 16.4. The predicted molar refractivity (Wildman–Crippen MR) is 126 cm³/mol. The van der Waals surface area contributed by atoms with Crippen molar-refractivity contribution in [2.24, 2.45) is 0 Å². The Kier molecular flexibility index (Phi) is 5.92. The van der Waals surface area contributed by atoms with Gasteiger partial charge in [-0.2, -0.15) is 11.8 Å². The highest BCUT2D eigenvalue weighted by molar-refractivity contribution is 7.99. The van der Waals surface area contributed by atoms with Gasteiger partial charge in [0.1, 0.15) is 5.69 Å². The van der Waals surface area contributed by atoms with Crippen LogP contribution >= 0.6 is 23.4 Å². The lowest BCUT2D eigenvalue weighted by atomic mass is 10.1. The molecular weight excluding hydrogens is 430 g/mol. The van der Waals surface area contributed by atoms with Crippen LogP contribution < -0.4 is 4.90 Å². The Bertz CT molecular complexity index is 1040. The number of carbonyl (C=O) groups is 1. The van der Waals surface area contributed by atoms with Crippen molar-refractivity contribution in [3.63, 3.8) is 0 Å². The molecule has 1 aromatic heterocycles. The van der Waals surface area contributed by atoms with Gasteiger partial charge < -0.3 is 14.3 Å². The van der Waals surface area contributed by atoms with Gasteiger partial charge in [0.2, 0.25) is 5.88 Å². The number of thioether (sulfide) groups is 1. The van der Waals surface area contributed by atoms with Gasteiger partial charge in [0, 0.05) is 46.8 Å². The van der Waals surface area contributed by atoms with Gasteiger partial charge in [-0.3, -0.25) is 4.79 Å². The summed E-state index contributed by atoms with van der Waals surface area (Å²) in [5.74, 6) is 2.96. The third-order valence-electron chi connectivity index (χ3n) is 5.78. The second kappa shape index (κ2) is 8.97. The molecule has 31 heavy (non-hydrogen) atoms. The van der Waals surface area contributed by atoms with E-state index in [4.69, 9.17) is 16.1 Å². The van der Waals surface area contributed by atoms with E-state index in [1.807, 2.05) is 47.0 Å². The third-order valence-corrected chi connectivity index (χ3v) is 6.98. The molecule has 5 rings (SSSR count). The Hall–Kier alpha value is -2.44. The molecule has 2 heterocycles. The van der Waals surface area contributed by atoms with E-state index in [0.717, 1.165) is 60.1 Å². The summed E-state index contributed by atoms with van der Waals surface area (Å²) in [4.78, 5) is 17.7. The molecule has 2 aliphatic rings. The fraction of sp³-hybridized carbons (Fsp3) is 0.333. The quantitative estimate of drug-likeness (QED) is 0.503. The first-order valence-corrected chi connectivity index (χ1v) is 12.2. The molecule has 1 amide bonds. The van der Waals surface area contributed by atoms with E-state index >= 15 is 0 Å². The Balaban J connectivity index is 1.51. The van der Waals surface area contributed by atoms with Gasteiger partial charge in [-0.1, -0.05) is 47.1 Å². The smallest absolute Gasteiger partial charge is 0.254 e. The number of benzene rings is 2. The van der Waals surface area contributed by atoms with Crippen molar-refractivity contribution in [1.29, 1.82) is 0 Å². The van der Waals surface area contributed by atoms with Crippen LogP contribution in [-0.4, -0.2) is 46.6 Å². The molecule has 0 radical (unpaired) electrons. The molecule has 7 heteroatoms. The highest BCUT2D eigenvalue weighted by Gasteiger charge is 2.36. The van der Waals surface area contributed by atoms with E-state index in [9.17, 15) is 4.79 Å². The number of carbonyl (C=O) groups excluding carboxylic acids is 1. The third kappa shape index (κ3) is 4.46. The molecule has 3 aromatic rings. The van der Waals surface area contributed by atoms with E-state index in [2.05, 4.69) is 10.1 Å². The Morgan fingerprint density at radius 1 is 1.10 bits per heavy atom. The summed E-state index contributed by atoms with van der Waals surface area (Å²) in [6.07, 6.45) is 2.06. The van der Waals surface area contributed by atoms with Gasteiger partial charge in [-0.15, -0.1) is 0 Å². The molecule has 1 aliphatic carbocycles. The number of halogens is 1. The molecule has 0 spiro atoms. The van der Waals surface area contributed by atoms with E-state index in [0.29, 0.717) is 17.1 Å². The minimum atomic E-state index is 0.0273. The highest BCUT2D eigenvalue weighted by atomic mass is 35.5. The molecule has 1 saturated heterocycles. The predicted octanol–water partition coefficient (Wildman–Crippen LogP) is 5.35. The Morgan fingerprint density at radius 3 is 2.48 bits per heavy atom. The summed E-state index contributed by atoms with van der Waals surface area (Å²) in [7, 11) is 0. The van der Waals surface area contributed by atoms with Crippen molar-refractivity contribution < 1.29 is 9.32 Å². The molecular formula is C24H24ClN3O2S. The van der Waals surface area contributed by atoms with E-state index < -0.39 is 0 Å². The summed E-state index contributed by atoms with van der Waals surface area (Å²) in [6.45, 7) is 2.34. The molecule has 0 bridgehead atoms. The lowest BCUT2D eigenvalue weighted by Gasteiger charge is -2.28. The van der Waals surface area contributed by atoms with Gasteiger partial charge in [0.15, 0.2) is 0 Å². The van der Waals surface area contributed by atoms with Crippen molar-refractivity contribution in [3.05, 3.63) is 70.7 Å². The first-order valence-electron chi connectivity index (χ1n) is 10.6. The van der Waals surface area contributed by atoms with Crippen molar-refractivity contribution in [2.75, 3.05) is 29.5 Å². The number of anilines is 1. The van der Waals surface area contributed by atoms with Gasteiger partial charge in [-0.05, 0) is 37.1 Å². The van der Waals surface area contributed by atoms with E-state index in [-0.39, 0.29) is 11.9 Å². The van der Waals surface area contributed by atoms with Crippen LogP contribution in [0, 0.1) is 0 Å². The van der Waals surface area contributed by atoms with Crippen LogP contribution in [0.3, 0.4) is 0 Å². The van der Waals surface area contributed by atoms with Crippen molar-refractivity contribution in [1.82, 2.24) is 10.1 Å². The fourth-order valence-corrected chi connectivity index (χ4v) is 4.99. The van der Waals surface area contributed by atoms with Crippen LogP contribution in [0.4, 0.5) is 5.88 Å². The first kappa shape index (κ1) is 20.5. The SMILES string of the molecule is O=C(c1ccc(Cl)cc1)N(Cc1c(-c2ccccc2)noc1N1CCSCC1)C1CC1. The van der Waals surface area contributed by atoms with Crippen LogP contribution in [0.2, 0.25) is 5.02 Å². The zero-order valence-corrected chi connectivity index (χ0v) is 18.7. The number of hydrogen-bond acceptors (Lipinski definition) is 5. The van der Waals surface area contributed by atoms with Crippen LogP contribution in [-0.2, 0) is 6.54 Å². The fourth-order valence-electron chi connectivity index (χ4n) is 3.96. The molecule has 2 aromatic carbocycles. The van der Waals surface area contributed by atoms with Crippen LogP contribution in [0.1, 0.15) is 28.8 Å². The maximum absolute atomic E-state index is 13.4. The zero-order valence-electron chi connectivity index (χ0n) is 17.2. The summed E-state index contributed by atoms with van der Waals surface area (Å²) in [6, 6.07) is 17.5. The standard InChI is InChI=1S/C24H24ClN3O2S/c25-19-8-6-18(7-9-19)23(29)28(20-10-11-20)16-21-22(17-4-2-1-3-5-17)26-30-24(21)27-12-14-31-15-13-27/h1-9,20H,10-16H2. The molecule has 160 valence electrons. The number of amides is 1. The molecule has 1 saturated carbocycles. The summed E-state index contributed by atoms with van der Waals surface area (Å²) >= 11 is 7.98. The van der Waals surface area contributed by atoms with E-state index in [1.165, 1.54) is 0 Å². The molecule has 0 unspecified atom stereocenters. The summed E-state index contributed by atoms with van der Waals surface area (Å²) in [5.41, 5.74) is 3.48. The second-order valence-electron chi connectivity index (χ2n) is 7.95. The zero-order chi connectivity index (χ0) is 21.2. The average Bonchev–Trinajstić information content (AvgIpc) is 3.57. The minimum absolute atomic E-state index is 0.0273. The van der Waals surface area contributed by atoms with E-state index in [1.54, 1.807) is 24.3 Å². The topological polar surface area (TPSA) is 49.6 Å². The molecule has 2 fully saturated rings. The largest absolute Gasteiger partial charge is 0.339 e. The van der Waals surface area contributed by atoms with Crippen LogP contribution in [0.25, 0.3) is 11.3 Å². The van der Waals surface area contributed by atoms with Crippen molar-refractivity contribution >= 4 is 35.2 Å². The summed E-state index contributed by atoms with van der Waals surface area (Å²) in [5, 5.41) is 5.09. The summed E-state index contributed by atoms with van der Waals surface area (Å²) < 4.78 is 5.90. The molecule has 5 nitrogen and oxygen atoms in total. The van der Waals surface area contributed by atoms with Gasteiger partial charge >= 0.3 is 0 Å². The van der Waals surface area contributed by atoms with Gasteiger partial charge in [-0.25, -0.2) is 0 Å². The van der Waals surface area contributed by atoms with Crippen molar-refractivity contribution in [2.45, 2.75) is 25.4 Å². The lowest BCUT2D eigenvalue weighted by molar-refractivity contribution is 0.0730. The minimum Gasteiger partial charge on any atom is -0.339 e. The molecule has 0 N–H and O–H groups in total. The average molecular weight is 454 g/mol. The maximum atomic E-state index is 13.4. The van der Waals surface area contributed by atoms with Gasteiger partial charge in [0.05, 0.1) is 12.1 Å². The van der Waals surface area contributed by atoms with Crippen LogP contribution in [0.15, 0.2) is 59.1 Å². The lowest BCUT2D eigenvalue weighted by Crippen LogP contribution is -2.35. The number of rotatable bonds is 6. The second-order valence-corrected chi connectivity index (χ2v) is 9.61. The number of aromatic nitrogens is 1.